The third-order valence-corrected chi connectivity index (χ3v) is 4.29. The number of hydrogen-bond donors (Lipinski definition) is 1. The summed E-state index contributed by atoms with van der Waals surface area (Å²) in [4.78, 5) is 18.1. The summed E-state index contributed by atoms with van der Waals surface area (Å²) in [5.41, 5.74) is 0.849. The van der Waals surface area contributed by atoms with Gasteiger partial charge in [0.25, 0.3) is 0 Å². The Balaban J connectivity index is 0.00000225. The van der Waals surface area contributed by atoms with E-state index in [4.69, 9.17) is 0 Å². The van der Waals surface area contributed by atoms with E-state index in [0.29, 0.717) is 11.1 Å². The van der Waals surface area contributed by atoms with Crippen molar-refractivity contribution in [3.8, 4) is 0 Å². The van der Waals surface area contributed by atoms with Gasteiger partial charge >= 0.3 is 6.18 Å². The Bertz CT molecular complexity index is 1160. The van der Waals surface area contributed by atoms with E-state index >= 15 is 0 Å². The Labute approximate surface area is 167 Å². The predicted octanol–water partition coefficient (Wildman–Crippen LogP) is 4.35. The quantitative estimate of drug-likeness (QED) is 0.504. The van der Waals surface area contributed by atoms with Crippen LogP contribution in [0.15, 0.2) is 72.0 Å². The molecule has 2 heterocycles. The van der Waals surface area contributed by atoms with E-state index in [0.717, 1.165) is 23.1 Å². The second-order valence-corrected chi connectivity index (χ2v) is 6.07. The lowest BCUT2D eigenvalue weighted by Gasteiger charge is -2.20. The number of halogens is 4. The van der Waals surface area contributed by atoms with Crippen LogP contribution in [0.4, 0.5) is 13.2 Å². The summed E-state index contributed by atoms with van der Waals surface area (Å²) in [6, 6.07) is 12.9. The van der Waals surface area contributed by atoms with Gasteiger partial charge in [-0.05, 0) is 46.8 Å². The minimum absolute atomic E-state index is 0. The second-order valence-electron chi connectivity index (χ2n) is 6.07. The number of pyridine rings is 1. The molecule has 0 saturated heterocycles. The number of alkyl halides is 3. The van der Waals surface area contributed by atoms with Gasteiger partial charge in [0.1, 0.15) is 18.7 Å². The lowest BCUT2D eigenvalue weighted by Crippen LogP contribution is -2.15. The van der Waals surface area contributed by atoms with Crippen LogP contribution in [0, 0.1) is 0 Å². The van der Waals surface area contributed by atoms with Gasteiger partial charge in [0.2, 0.25) is 5.56 Å². The highest BCUT2D eigenvalue weighted by Crippen LogP contribution is 2.33. The molecule has 0 fully saturated rings. The molecule has 4 rings (SSSR count). The first-order valence-electron chi connectivity index (χ1n) is 8.06. The van der Waals surface area contributed by atoms with E-state index < -0.39 is 17.8 Å². The highest BCUT2D eigenvalue weighted by Gasteiger charge is 2.31. The van der Waals surface area contributed by atoms with Gasteiger partial charge in [-0.25, -0.2) is 9.67 Å². The standard InChI is InChI=1S/C19H13F3N4O.BrH/c20-19(21,22)15-3-1-2-13(9-15)18(26-11-23-10-24-26)14-4-6-16-12(8-14)5-7-17(27)25-16;/h1-11,18H,(H,25,27);1H. The molecule has 1 N–H and O–H groups in total. The van der Waals surface area contributed by atoms with Crippen LogP contribution in [0.2, 0.25) is 0 Å². The maximum atomic E-state index is 13.2. The molecule has 0 saturated carbocycles. The van der Waals surface area contributed by atoms with Crippen molar-refractivity contribution in [1.29, 1.82) is 0 Å². The molecule has 2 aromatic heterocycles. The zero-order valence-electron chi connectivity index (χ0n) is 14.2. The fourth-order valence-corrected chi connectivity index (χ4v) is 3.08. The monoisotopic (exact) mass is 450 g/mol. The Hall–Kier alpha value is -2.94. The molecule has 0 aliphatic carbocycles. The smallest absolute Gasteiger partial charge is 0.322 e. The highest BCUT2D eigenvalue weighted by molar-refractivity contribution is 8.93. The van der Waals surface area contributed by atoms with Crippen LogP contribution in [0.1, 0.15) is 22.7 Å². The summed E-state index contributed by atoms with van der Waals surface area (Å²) >= 11 is 0. The molecule has 9 heteroatoms. The summed E-state index contributed by atoms with van der Waals surface area (Å²) in [5.74, 6) is 0. The van der Waals surface area contributed by atoms with Crippen molar-refractivity contribution in [2.45, 2.75) is 12.2 Å². The van der Waals surface area contributed by atoms with Gasteiger partial charge in [-0.2, -0.15) is 18.3 Å². The fraction of sp³-hybridized carbons (Fsp3) is 0.105. The Morgan fingerprint density at radius 3 is 2.50 bits per heavy atom. The van der Waals surface area contributed by atoms with Crippen molar-refractivity contribution < 1.29 is 13.2 Å². The number of aromatic amines is 1. The van der Waals surface area contributed by atoms with E-state index in [2.05, 4.69) is 15.1 Å². The van der Waals surface area contributed by atoms with Crippen LogP contribution in [0.25, 0.3) is 10.9 Å². The SMILES string of the molecule is Br.O=c1ccc2cc(C(c3cccc(C(F)(F)F)c3)n3cncn3)ccc2[nH]1. The summed E-state index contributed by atoms with van der Waals surface area (Å²) in [7, 11) is 0. The topological polar surface area (TPSA) is 63.6 Å². The Kier molecular flexibility index (Phi) is 5.37. The third-order valence-electron chi connectivity index (χ3n) is 4.29. The number of nitrogens with zero attached hydrogens (tertiary/aromatic N) is 3. The van der Waals surface area contributed by atoms with Gasteiger partial charge in [0.05, 0.1) is 5.56 Å². The number of rotatable bonds is 3. The van der Waals surface area contributed by atoms with Crippen molar-refractivity contribution in [3.63, 3.8) is 0 Å². The molecule has 0 amide bonds. The molecule has 0 aliphatic rings. The zero-order chi connectivity index (χ0) is 19.0. The average Bonchev–Trinajstić information content (AvgIpc) is 3.16. The highest BCUT2D eigenvalue weighted by atomic mass is 79.9. The molecule has 5 nitrogen and oxygen atoms in total. The van der Waals surface area contributed by atoms with E-state index in [1.54, 1.807) is 24.3 Å². The molecule has 0 bridgehead atoms. The molecule has 144 valence electrons. The van der Waals surface area contributed by atoms with E-state index in [1.165, 1.54) is 29.5 Å². The first-order chi connectivity index (χ1) is 12.9. The molecule has 0 aliphatic heterocycles. The minimum Gasteiger partial charge on any atom is -0.322 e. The van der Waals surface area contributed by atoms with Crippen molar-refractivity contribution in [1.82, 2.24) is 19.7 Å². The predicted molar refractivity (Wildman–Crippen MR) is 104 cm³/mol. The van der Waals surface area contributed by atoms with Crippen molar-refractivity contribution >= 4 is 27.9 Å². The molecule has 0 radical (unpaired) electrons. The summed E-state index contributed by atoms with van der Waals surface area (Å²) in [6.45, 7) is 0. The summed E-state index contributed by atoms with van der Waals surface area (Å²) in [5, 5.41) is 4.89. The van der Waals surface area contributed by atoms with Gasteiger partial charge in [-0.15, -0.1) is 17.0 Å². The Morgan fingerprint density at radius 2 is 1.79 bits per heavy atom. The molecular formula is C19H14BrF3N4O. The van der Waals surface area contributed by atoms with Gasteiger partial charge in [-0.3, -0.25) is 4.79 Å². The lowest BCUT2D eigenvalue weighted by molar-refractivity contribution is -0.137. The first kappa shape index (κ1) is 19.8. The number of hydrogen-bond acceptors (Lipinski definition) is 3. The molecule has 4 aromatic rings. The van der Waals surface area contributed by atoms with Gasteiger partial charge in [0.15, 0.2) is 0 Å². The van der Waals surface area contributed by atoms with Crippen molar-refractivity contribution in [2.24, 2.45) is 0 Å². The van der Waals surface area contributed by atoms with E-state index in [-0.39, 0.29) is 22.5 Å². The summed E-state index contributed by atoms with van der Waals surface area (Å²) in [6.07, 6.45) is -1.65. The fourth-order valence-electron chi connectivity index (χ4n) is 3.08. The largest absolute Gasteiger partial charge is 0.416 e. The molecule has 1 unspecified atom stereocenters. The van der Waals surface area contributed by atoms with Crippen LogP contribution in [0.5, 0.6) is 0 Å². The van der Waals surface area contributed by atoms with Gasteiger partial charge in [-0.1, -0.05) is 18.2 Å². The van der Waals surface area contributed by atoms with Crippen molar-refractivity contribution in [2.75, 3.05) is 0 Å². The van der Waals surface area contributed by atoms with Gasteiger partial charge in [0, 0.05) is 11.6 Å². The molecule has 2 aromatic carbocycles. The third kappa shape index (κ3) is 3.84. The van der Waals surface area contributed by atoms with E-state index in [1.807, 2.05) is 6.07 Å². The van der Waals surface area contributed by atoms with Crippen molar-refractivity contribution in [3.05, 3.63) is 94.3 Å². The zero-order valence-corrected chi connectivity index (χ0v) is 15.9. The number of aromatic nitrogens is 4. The minimum atomic E-state index is -4.44. The first-order valence-corrected chi connectivity index (χ1v) is 8.06. The van der Waals surface area contributed by atoms with Crippen LogP contribution in [0.3, 0.4) is 0 Å². The summed E-state index contributed by atoms with van der Waals surface area (Å²) < 4.78 is 41.0. The molecule has 28 heavy (non-hydrogen) atoms. The number of benzene rings is 2. The number of fused-ring (bicyclic) bond motifs is 1. The molecule has 1 atom stereocenters. The number of nitrogens with one attached hydrogen (secondary N) is 1. The second kappa shape index (κ2) is 7.59. The number of H-pyrrole nitrogens is 1. The van der Waals surface area contributed by atoms with Gasteiger partial charge < -0.3 is 4.98 Å². The molecule has 0 spiro atoms. The van der Waals surface area contributed by atoms with Crippen LogP contribution in [-0.4, -0.2) is 19.7 Å². The average molecular weight is 451 g/mol. The maximum Gasteiger partial charge on any atom is 0.416 e. The van der Waals surface area contributed by atoms with Crippen LogP contribution < -0.4 is 5.56 Å². The maximum absolute atomic E-state index is 13.2. The lowest BCUT2D eigenvalue weighted by atomic mass is 9.96. The Morgan fingerprint density at radius 1 is 1.00 bits per heavy atom. The normalized spacial score (nSPS) is 12.5. The van der Waals surface area contributed by atoms with E-state index in [9.17, 15) is 18.0 Å². The molecular weight excluding hydrogens is 437 g/mol. The van der Waals surface area contributed by atoms with Crippen LogP contribution in [-0.2, 0) is 6.18 Å². The van der Waals surface area contributed by atoms with Crippen LogP contribution >= 0.6 is 17.0 Å².